The Morgan fingerprint density at radius 2 is 2.08 bits per heavy atom. The molecule has 1 aliphatic rings. The molecule has 1 unspecified atom stereocenters. The number of carbonyl (C=O) groups is 2. The Morgan fingerprint density at radius 1 is 1.40 bits per heavy atom. The minimum absolute atomic E-state index is 0.0482. The Hall–Kier alpha value is -1.88. The molecular weight excluding hydrogens is 345 g/mol. The van der Waals surface area contributed by atoms with Crippen LogP contribution in [0.3, 0.4) is 0 Å². The first-order valence-electron chi connectivity index (χ1n) is 8.50. The van der Waals surface area contributed by atoms with Crippen molar-refractivity contribution in [1.29, 1.82) is 0 Å². The molecular formula is C19H23ClFNO3. The van der Waals surface area contributed by atoms with Gasteiger partial charge in [0.05, 0.1) is 12.2 Å². The van der Waals surface area contributed by atoms with Crippen molar-refractivity contribution in [2.24, 2.45) is 5.92 Å². The summed E-state index contributed by atoms with van der Waals surface area (Å²) in [5.41, 5.74) is 0.806. The van der Waals surface area contributed by atoms with Gasteiger partial charge in [-0.2, -0.15) is 0 Å². The molecule has 25 heavy (non-hydrogen) atoms. The molecule has 0 saturated heterocycles. The number of esters is 1. The lowest BCUT2D eigenvalue weighted by molar-refractivity contribution is -0.141. The molecule has 0 radical (unpaired) electrons. The van der Waals surface area contributed by atoms with Crippen molar-refractivity contribution in [2.75, 3.05) is 6.61 Å². The fourth-order valence-corrected chi connectivity index (χ4v) is 3.35. The first-order valence-corrected chi connectivity index (χ1v) is 8.88. The number of rotatable bonds is 6. The quantitative estimate of drug-likeness (QED) is 0.761. The molecule has 4 nitrogen and oxygen atoms in total. The summed E-state index contributed by atoms with van der Waals surface area (Å²) in [7, 11) is 0. The third-order valence-corrected chi connectivity index (χ3v) is 4.97. The van der Waals surface area contributed by atoms with Gasteiger partial charge < -0.3 is 10.1 Å². The minimum atomic E-state index is -0.753. The second-order valence-electron chi connectivity index (χ2n) is 6.26. The average molecular weight is 368 g/mol. The van der Waals surface area contributed by atoms with E-state index in [2.05, 4.69) is 5.32 Å². The topological polar surface area (TPSA) is 55.4 Å². The molecule has 1 atom stereocenters. The predicted octanol–water partition coefficient (Wildman–Crippen LogP) is 4.34. The van der Waals surface area contributed by atoms with Gasteiger partial charge in [-0.15, -0.1) is 0 Å². The van der Waals surface area contributed by atoms with Gasteiger partial charge in [0.15, 0.2) is 0 Å². The van der Waals surface area contributed by atoms with Crippen LogP contribution in [0.1, 0.15) is 51.5 Å². The molecule has 0 spiro atoms. The van der Waals surface area contributed by atoms with Gasteiger partial charge in [-0.05, 0) is 25.0 Å². The zero-order valence-electron chi connectivity index (χ0n) is 14.7. The number of ether oxygens (including phenoxy) is 1. The number of amides is 1. The van der Waals surface area contributed by atoms with E-state index in [0.717, 1.165) is 12.8 Å². The van der Waals surface area contributed by atoms with Crippen molar-refractivity contribution >= 4 is 23.5 Å². The third kappa shape index (κ3) is 4.40. The summed E-state index contributed by atoms with van der Waals surface area (Å²) in [6, 6.07) is 4.32. The fraction of sp³-hybridized carbons (Fsp3) is 0.474. The number of hydrogen-bond donors (Lipinski definition) is 1. The molecule has 0 aromatic heterocycles. The maximum Gasteiger partial charge on any atom is 0.336 e. The van der Waals surface area contributed by atoms with Crippen LogP contribution in [-0.4, -0.2) is 18.5 Å². The predicted molar refractivity (Wildman–Crippen MR) is 94.6 cm³/mol. The van der Waals surface area contributed by atoms with Gasteiger partial charge in [-0.1, -0.05) is 44.4 Å². The Morgan fingerprint density at radius 3 is 2.68 bits per heavy atom. The summed E-state index contributed by atoms with van der Waals surface area (Å²) in [5.74, 6) is -1.83. The molecule has 1 aromatic carbocycles. The van der Waals surface area contributed by atoms with Crippen LogP contribution in [0.2, 0.25) is 5.02 Å². The van der Waals surface area contributed by atoms with Gasteiger partial charge in [-0.25, -0.2) is 9.18 Å². The number of halogens is 2. The van der Waals surface area contributed by atoms with Gasteiger partial charge in [-0.3, -0.25) is 4.79 Å². The zero-order chi connectivity index (χ0) is 18.6. The lowest BCUT2D eigenvalue weighted by Gasteiger charge is -2.27. The summed E-state index contributed by atoms with van der Waals surface area (Å²) in [6.45, 7) is 5.99. The van der Waals surface area contributed by atoms with E-state index in [0.29, 0.717) is 12.3 Å². The second-order valence-corrected chi connectivity index (χ2v) is 6.67. The van der Waals surface area contributed by atoms with Crippen molar-refractivity contribution in [1.82, 2.24) is 5.32 Å². The largest absolute Gasteiger partial charge is 0.462 e. The van der Waals surface area contributed by atoms with Gasteiger partial charge in [0, 0.05) is 28.6 Å². The lowest BCUT2D eigenvalue weighted by Crippen LogP contribution is -2.35. The molecule has 0 aliphatic carbocycles. The van der Waals surface area contributed by atoms with Crippen LogP contribution in [0.4, 0.5) is 4.39 Å². The van der Waals surface area contributed by atoms with Crippen LogP contribution in [0.15, 0.2) is 29.5 Å². The molecule has 1 N–H and O–H groups in total. The highest BCUT2D eigenvalue weighted by atomic mass is 35.5. The number of hydrogen-bond acceptors (Lipinski definition) is 3. The van der Waals surface area contributed by atoms with E-state index in [9.17, 15) is 14.0 Å². The smallest absolute Gasteiger partial charge is 0.336 e. The van der Waals surface area contributed by atoms with Crippen molar-refractivity contribution in [2.45, 2.75) is 46.0 Å². The van der Waals surface area contributed by atoms with Crippen molar-refractivity contribution < 1.29 is 18.7 Å². The van der Waals surface area contributed by atoms with Gasteiger partial charge in [0.25, 0.3) is 0 Å². The highest BCUT2D eigenvalue weighted by Gasteiger charge is 2.35. The first kappa shape index (κ1) is 19.4. The van der Waals surface area contributed by atoms with Gasteiger partial charge in [0.1, 0.15) is 5.82 Å². The van der Waals surface area contributed by atoms with Crippen molar-refractivity contribution in [3.63, 3.8) is 0 Å². The van der Waals surface area contributed by atoms with Crippen LogP contribution >= 0.6 is 11.6 Å². The molecule has 1 amide bonds. The van der Waals surface area contributed by atoms with Crippen LogP contribution in [0.25, 0.3) is 0 Å². The minimum Gasteiger partial charge on any atom is -0.462 e. The van der Waals surface area contributed by atoms with Crippen molar-refractivity contribution in [3.8, 4) is 0 Å². The Labute approximate surface area is 152 Å². The summed E-state index contributed by atoms with van der Waals surface area (Å²) in [6.07, 6.45) is 1.76. The maximum atomic E-state index is 14.4. The van der Waals surface area contributed by atoms with E-state index in [1.165, 1.54) is 12.1 Å². The molecule has 136 valence electrons. The number of allylic oxidation sites excluding steroid dienone is 1. The molecule has 0 fully saturated rings. The monoisotopic (exact) mass is 367 g/mol. The van der Waals surface area contributed by atoms with E-state index in [1.807, 2.05) is 13.8 Å². The third-order valence-electron chi connectivity index (χ3n) is 4.64. The molecule has 2 rings (SSSR count). The molecule has 1 aliphatic heterocycles. The van der Waals surface area contributed by atoms with E-state index in [4.69, 9.17) is 16.3 Å². The zero-order valence-corrected chi connectivity index (χ0v) is 15.5. The summed E-state index contributed by atoms with van der Waals surface area (Å²) >= 11 is 6.15. The Balaban J connectivity index is 2.36. The SMILES string of the molecule is CCC(CC)COC(=O)C1=C(C)NC(=O)CC1c1c(F)cccc1Cl. The first-order chi connectivity index (χ1) is 11.9. The Bertz CT molecular complexity index is 678. The fourth-order valence-electron chi connectivity index (χ4n) is 3.06. The average Bonchev–Trinajstić information content (AvgIpc) is 2.55. The normalized spacial score (nSPS) is 17.7. The van der Waals surface area contributed by atoms with Crippen LogP contribution in [0.5, 0.6) is 0 Å². The second kappa shape index (κ2) is 8.48. The maximum absolute atomic E-state index is 14.4. The van der Waals surface area contributed by atoms with Crippen LogP contribution < -0.4 is 5.32 Å². The molecule has 6 heteroatoms. The van der Waals surface area contributed by atoms with Gasteiger partial charge >= 0.3 is 5.97 Å². The lowest BCUT2D eigenvalue weighted by atomic mass is 9.84. The molecule has 1 aromatic rings. The van der Waals surface area contributed by atoms with E-state index < -0.39 is 17.7 Å². The molecule has 0 saturated carbocycles. The number of benzene rings is 1. The van der Waals surface area contributed by atoms with Crippen molar-refractivity contribution in [3.05, 3.63) is 45.9 Å². The molecule has 0 bridgehead atoms. The number of carbonyl (C=O) groups excluding carboxylic acids is 2. The highest BCUT2D eigenvalue weighted by molar-refractivity contribution is 6.31. The standard InChI is InChI=1S/C19H23ClFNO3/c1-4-12(5-2)10-25-19(24)17-11(3)22-16(23)9-13(17)18-14(20)7-6-8-15(18)21/h6-8,12-13H,4-5,9-10H2,1-3H3,(H,22,23). The van der Waals surface area contributed by atoms with E-state index >= 15 is 0 Å². The van der Waals surface area contributed by atoms with Gasteiger partial charge in [0.2, 0.25) is 5.91 Å². The van der Waals surface area contributed by atoms with E-state index in [-0.39, 0.29) is 34.4 Å². The molecule has 1 heterocycles. The summed E-state index contributed by atoms with van der Waals surface area (Å²) < 4.78 is 19.8. The number of nitrogens with one attached hydrogen (secondary N) is 1. The van der Waals surface area contributed by atoms with E-state index in [1.54, 1.807) is 13.0 Å². The Kier molecular flexibility index (Phi) is 6.59. The highest BCUT2D eigenvalue weighted by Crippen LogP contribution is 2.38. The van der Waals surface area contributed by atoms with Crippen LogP contribution in [-0.2, 0) is 14.3 Å². The summed E-state index contributed by atoms with van der Waals surface area (Å²) in [5, 5.41) is 2.83. The van der Waals surface area contributed by atoms with Crippen LogP contribution in [0, 0.1) is 11.7 Å². The summed E-state index contributed by atoms with van der Waals surface area (Å²) in [4.78, 5) is 24.6.